The van der Waals surface area contributed by atoms with Crippen LogP contribution < -0.4 is 10.6 Å². The molecule has 0 bridgehead atoms. The molecule has 0 atom stereocenters. The lowest BCUT2D eigenvalue weighted by Crippen LogP contribution is -2.23. The molecule has 0 spiro atoms. The van der Waals surface area contributed by atoms with Gasteiger partial charge in [0.15, 0.2) is 0 Å². The number of anilines is 1. The molecule has 2 aromatic rings. The number of nitrogens with one attached hydrogen (secondary N) is 2. The van der Waals surface area contributed by atoms with E-state index >= 15 is 0 Å². The van der Waals surface area contributed by atoms with Crippen LogP contribution in [-0.4, -0.2) is 11.8 Å². The van der Waals surface area contributed by atoms with Crippen molar-refractivity contribution in [2.75, 3.05) is 5.32 Å². The van der Waals surface area contributed by atoms with E-state index in [4.69, 9.17) is 0 Å². The van der Waals surface area contributed by atoms with Gasteiger partial charge in [0.05, 0.1) is 5.56 Å². The Bertz CT molecular complexity index is 773. The lowest BCUT2D eigenvalue weighted by atomic mass is 10.1. The average Bonchev–Trinajstić information content (AvgIpc) is 3.41. The molecule has 0 saturated heterocycles. The second kappa shape index (κ2) is 7.13. The van der Waals surface area contributed by atoms with E-state index in [0.717, 1.165) is 24.1 Å². The van der Waals surface area contributed by atoms with Crippen LogP contribution in [0.15, 0.2) is 46.9 Å². The number of hydrogen-bond acceptors (Lipinski definition) is 2. The minimum atomic E-state index is -0.459. The first-order valence-electron chi connectivity index (χ1n) is 7.66. The van der Waals surface area contributed by atoms with Crippen molar-refractivity contribution >= 4 is 33.4 Å². The summed E-state index contributed by atoms with van der Waals surface area (Å²) in [6.07, 6.45) is 1.93. The van der Waals surface area contributed by atoms with Gasteiger partial charge in [0.25, 0.3) is 5.91 Å². The summed E-state index contributed by atoms with van der Waals surface area (Å²) in [5.74, 6) is -0.590. The van der Waals surface area contributed by atoms with Crippen LogP contribution in [0.25, 0.3) is 0 Å². The summed E-state index contributed by atoms with van der Waals surface area (Å²) in [6.45, 7) is 0.318. The van der Waals surface area contributed by atoms with Crippen molar-refractivity contribution in [2.24, 2.45) is 5.92 Å². The monoisotopic (exact) mass is 390 g/mol. The van der Waals surface area contributed by atoms with E-state index in [1.54, 1.807) is 12.1 Å². The molecule has 0 heterocycles. The number of halogens is 2. The maximum absolute atomic E-state index is 13.2. The van der Waals surface area contributed by atoms with Gasteiger partial charge in [-0.15, -0.1) is 0 Å². The van der Waals surface area contributed by atoms with Gasteiger partial charge in [-0.25, -0.2) is 4.39 Å². The fourth-order valence-electron chi connectivity index (χ4n) is 2.24. The Labute approximate surface area is 147 Å². The lowest BCUT2D eigenvalue weighted by molar-refractivity contribution is -0.117. The number of carbonyl (C=O) groups is 2. The Morgan fingerprint density at radius 1 is 1.12 bits per heavy atom. The summed E-state index contributed by atoms with van der Waals surface area (Å²) in [4.78, 5) is 23.8. The van der Waals surface area contributed by atoms with E-state index in [1.807, 2.05) is 12.1 Å². The van der Waals surface area contributed by atoms with Crippen molar-refractivity contribution in [3.63, 3.8) is 0 Å². The number of rotatable bonds is 5. The summed E-state index contributed by atoms with van der Waals surface area (Å²) in [7, 11) is 0. The highest BCUT2D eigenvalue weighted by atomic mass is 79.9. The van der Waals surface area contributed by atoms with Crippen molar-refractivity contribution in [1.29, 1.82) is 0 Å². The van der Waals surface area contributed by atoms with Crippen LogP contribution in [-0.2, 0) is 11.3 Å². The van der Waals surface area contributed by atoms with E-state index in [0.29, 0.717) is 11.0 Å². The quantitative estimate of drug-likeness (QED) is 0.813. The molecule has 4 nitrogen and oxygen atoms in total. The van der Waals surface area contributed by atoms with Crippen molar-refractivity contribution in [3.05, 3.63) is 63.9 Å². The third-order valence-corrected chi connectivity index (χ3v) is 4.49. The zero-order valence-electron chi connectivity index (χ0n) is 12.8. The van der Waals surface area contributed by atoms with E-state index in [9.17, 15) is 14.0 Å². The summed E-state index contributed by atoms with van der Waals surface area (Å²) < 4.78 is 13.8. The molecule has 0 aromatic heterocycles. The first-order valence-corrected chi connectivity index (χ1v) is 8.45. The van der Waals surface area contributed by atoms with E-state index < -0.39 is 5.82 Å². The topological polar surface area (TPSA) is 58.2 Å². The van der Waals surface area contributed by atoms with Gasteiger partial charge in [0, 0.05) is 22.6 Å². The second-order valence-corrected chi connectivity index (χ2v) is 6.62. The number of benzene rings is 2. The second-order valence-electron chi connectivity index (χ2n) is 5.77. The molecule has 1 aliphatic rings. The molecule has 24 heavy (non-hydrogen) atoms. The van der Waals surface area contributed by atoms with Crippen molar-refractivity contribution in [2.45, 2.75) is 19.4 Å². The number of carbonyl (C=O) groups excluding carboxylic acids is 2. The molecule has 124 valence electrons. The van der Waals surface area contributed by atoms with Crippen LogP contribution >= 0.6 is 15.9 Å². The Morgan fingerprint density at radius 2 is 1.83 bits per heavy atom. The van der Waals surface area contributed by atoms with Crippen LogP contribution in [0.1, 0.15) is 28.8 Å². The summed E-state index contributed by atoms with van der Waals surface area (Å²) in [5.41, 5.74) is 1.89. The molecule has 2 amide bonds. The maximum Gasteiger partial charge on any atom is 0.252 e. The molecule has 2 aromatic carbocycles. The number of amides is 2. The number of hydrogen-bond donors (Lipinski definition) is 2. The first-order chi connectivity index (χ1) is 11.5. The highest BCUT2D eigenvalue weighted by Gasteiger charge is 2.29. The molecule has 0 radical (unpaired) electrons. The third-order valence-electron chi connectivity index (χ3n) is 3.80. The Hall–Kier alpha value is -2.21. The minimum Gasteiger partial charge on any atom is -0.348 e. The van der Waals surface area contributed by atoms with Gasteiger partial charge in [-0.3, -0.25) is 9.59 Å². The van der Waals surface area contributed by atoms with E-state index in [-0.39, 0.29) is 23.3 Å². The van der Waals surface area contributed by atoms with Crippen LogP contribution in [0, 0.1) is 11.7 Å². The van der Waals surface area contributed by atoms with Gasteiger partial charge in [0.2, 0.25) is 5.91 Å². The molecular formula is C18H16BrFN2O2. The normalized spacial score (nSPS) is 13.4. The third kappa shape index (κ3) is 4.20. The van der Waals surface area contributed by atoms with Crippen molar-refractivity contribution in [1.82, 2.24) is 5.32 Å². The lowest BCUT2D eigenvalue weighted by Gasteiger charge is -2.09. The molecule has 0 unspecified atom stereocenters. The van der Waals surface area contributed by atoms with Gasteiger partial charge < -0.3 is 10.6 Å². The highest BCUT2D eigenvalue weighted by molar-refractivity contribution is 9.10. The van der Waals surface area contributed by atoms with Gasteiger partial charge in [-0.2, -0.15) is 0 Å². The van der Waals surface area contributed by atoms with Crippen molar-refractivity contribution in [3.8, 4) is 0 Å². The molecule has 3 rings (SSSR count). The Morgan fingerprint density at radius 3 is 2.50 bits per heavy atom. The van der Waals surface area contributed by atoms with Gasteiger partial charge >= 0.3 is 0 Å². The first kappa shape index (κ1) is 16.6. The summed E-state index contributed by atoms with van der Waals surface area (Å²) >= 11 is 3.24. The highest BCUT2D eigenvalue weighted by Crippen LogP contribution is 2.30. The maximum atomic E-state index is 13.2. The van der Waals surface area contributed by atoms with Gasteiger partial charge in [0.1, 0.15) is 5.82 Å². The van der Waals surface area contributed by atoms with Crippen LogP contribution in [0.3, 0.4) is 0 Å². The smallest absolute Gasteiger partial charge is 0.252 e. The largest absolute Gasteiger partial charge is 0.348 e. The fourth-order valence-corrected chi connectivity index (χ4v) is 2.67. The Kier molecular flexibility index (Phi) is 4.94. The molecule has 1 aliphatic carbocycles. The van der Waals surface area contributed by atoms with Crippen LogP contribution in [0.4, 0.5) is 10.1 Å². The molecule has 1 saturated carbocycles. The van der Waals surface area contributed by atoms with E-state index in [1.165, 1.54) is 18.2 Å². The molecule has 6 heteroatoms. The molecule has 2 N–H and O–H groups in total. The average molecular weight is 391 g/mol. The zero-order chi connectivity index (χ0) is 17.1. The molecular weight excluding hydrogens is 375 g/mol. The van der Waals surface area contributed by atoms with Gasteiger partial charge in [-0.05, 0) is 64.7 Å². The molecule has 0 aliphatic heterocycles. The fraction of sp³-hybridized carbons (Fsp3) is 0.222. The van der Waals surface area contributed by atoms with Crippen LogP contribution in [0.2, 0.25) is 0 Å². The predicted molar refractivity (Wildman–Crippen MR) is 93.1 cm³/mol. The van der Waals surface area contributed by atoms with E-state index in [2.05, 4.69) is 26.6 Å². The standard InChI is InChI=1S/C18H16BrFN2O2/c19-16-8-5-13(20)9-15(16)18(24)21-10-11-1-6-14(7-2-11)22-17(23)12-3-4-12/h1-2,5-9,12H,3-4,10H2,(H,21,24)(H,22,23). The van der Waals surface area contributed by atoms with Crippen LogP contribution in [0.5, 0.6) is 0 Å². The SMILES string of the molecule is O=C(NCc1ccc(NC(=O)C2CC2)cc1)c1cc(F)ccc1Br. The summed E-state index contributed by atoms with van der Waals surface area (Å²) in [6, 6.07) is 11.3. The van der Waals surface area contributed by atoms with Gasteiger partial charge in [-0.1, -0.05) is 12.1 Å². The minimum absolute atomic E-state index is 0.0620. The summed E-state index contributed by atoms with van der Waals surface area (Å²) in [5, 5.41) is 5.61. The Balaban J connectivity index is 1.57. The molecule has 1 fully saturated rings. The van der Waals surface area contributed by atoms with Crippen molar-refractivity contribution < 1.29 is 14.0 Å². The zero-order valence-corrected chi connectivity index (χ0v) is 14.4. The predicted octanol–water partition coefficient (Wildman–Crippen LogP) is 3.87.